The van der Waals surface area contributed by atoms with Gasteiger partial charge in [-0.15, -0.1) is 0 Å². The molecule has 0 fully saturated rings. The molecule has 132 valence electrons. The lowest BCUT2D eigenvalue weighted by Crippen LogP contribution is -2.33. The van der Waals surface area contributed by atoms with Crippen molar-refractivity contribution >= 4 is 5.91 Å². The molecule has 1 aliphatic heterocycles. The Kier molecular flexibility index (Phi) is 5.59. The van der Waals surface area contributed by atoms with Crippen LogP contribution in [0.1, 0.15) is 23.1 Å². The number of carbonyl (C=O) groups excluding carboxylic acids is 1. The minimum absolute atomic E-state index is 0.232. The van der Waals surface area contributed by atoms with Gasteiger partial charge in [0.25, 0.3) is 0 Å². The van der Waals surface area contributed by atoms with Crippen molar-refractivity contribution in [2.75, 3.05) is 27.3 Å². The summed E-state index contributed by atoms with van der Waals surface area (Å²) in [4.78, 5) is 14.6. The summed E-state index contributed by atoms with van der Waals surface area (Å²) in [6.07, 6.45) is 3.07. The highest BCUT2D eigenvalue weighted by molar-refractivity contribution is 5.76. The molecule has 1 heterocycles. The van der Waals surface area contributed by atoms with E-state index in [2.05, 4.69) is 12.1 Å². The van der Waals surface area contributed by atoms with Crippen LogP contribution in [0.5, 0.6) is 11.5 Å². The Hall–Kier alpha value is -2.49. The van der Waals surface area contributed by atoms with Crippen molar-refractivity contribution < 1.29 is 14.3 Å². The van der Waals surface area contributed by atoms with Crippen LogP contribution < -0.4 is 9.47 Å². The van der Waals surface area contributed by atoms with E-state index < -0.39 is 0 Å². The van der Waals surface area contributed by atoms with Crippen molar-refractivity contribution in [3.05, 3.63) is 59.2 Å². The number of carbonyl (C=O) groups is 1. The number of benzene rings is 2. The third-order valence-electron chi connectivity index (χ3n) is 4.83. The summed E-state index contributed by atoms with van der Waals surface area (Å²) in [5.41, 5.74) is 3.70. The molecule has 0 radical (unpaired) electrons. The van der Waals surface area contributed by atoms with E-state index >= 15 is 0 Å². The molecule has 2 aromatic rings. The Labute approximate surface area is 149 Å². The molecule has 0 saturated carbocycles. The number of rotatable bonds is 5. The monoisotopic (exact) mass is 339 g/mol. The lowest BCUT2D eigenvalue weighted by atomic mass is 10.0. The summed E-state index contributed by atoms with van der Waals surface area (Å²) in [6, 6.07) is 14.3. The maximum Gasteiger partial charge on any atom is 0.222 e. The fourth-order valence-corrected chi connectivity index (χ4v) is 3.35. The van der Waals surface area contributed by atoms with E-state index in [1.807, 2.05) is 35.2 Å². The number of aryl methyl sites for hydroxylation is 1. The molecule has 4 nitrogen and oxygen atoms in total. The molecule has 0 N–H and O–H groups in total. The fraction of sp³-hybridized carbons (Fsp3) is 0.381. The molecule has 3 rings (SSSR count). The largest absolute Gasteiger partial charge is 0.493 e. The summed E-state index contributed by atoms with van der Waals surface area (Å²) in [6.45, 7) is 1.52. The van der Waals surface area contributed by atoms with Gasteiger partial charge < -0.3 is 14.4 Å². The molecule has 1 amide bonds. The number of nitrogens with zero attached hydrogens (tertiary/aromatic N) is 1. The average Bonchev–Trinajstić information content (AvgIpc) is 2.87. The molecule has 1 aliphatic rings. The van der Waals surface area contributed by atoms with E-state index in [4.69, 9.17) is 9.47 Å². The lowest BCUT2D eigenvalue weighted by molar-refractivity contribution is -0.131. The van der Waals surface area contributed by atoms with Gasteiger partial charge >= 0.3 is 0 Å². The van der Waals surface area contributed by atoms with Gasteiger partial charge in [-0.2, -0.15) is 0 Å². The minimum Gasteiger partial charge on any atom is -0.493 e. The highest BCUT2D eigenvalue weighted by Crippen LogP contribution is 2.32. The van der Waals surface area contributed by atoms with Gasteiger partial charge in [0.15, 0.2) is 11.5 Å². The van der Waals surface area contributed by atoms with E-state index in [1.165, 1.54) is 16.7 Å². The van der Waals surface area contributed by atoms with Crippen molar-refractivity contribution in [1.82, 2.24) is 4.90 Å². The normalized spacial score (nSPS) is 13.8. The third-order valence-corrected chi connectivity index (χ3v) is 4.83. The van der Waals surface area contributed by atoms with E-state index in [1.54, 1.807) is 14.2 Å². The van der Waals surface area contributed by atoms with Crippen LogP contribution in [0, 0.1) is 0 Å². The second kappa shape index (κ2) is 8.06. The van der Waals surface area contributed by atoms with Crippen LogP contribution >= 0.6 is 0 Å². The van der Waals surface area contributed by atoms with Crippen molar-refractivity contribution in [3.8, 4) is 11.5 Å². The molecular weight excluding hydrogens is 314 g/mol. The van der Waals surface area contributed by atoms with Gasteiger partial charge in [0.05, 0.1) is 14.2 Å². The Bertz CT molecular complexity index is 692. The molecule has 0 saturated heterocycles. The highest BCUT2D eigenvalue weighted by atomic mass is 16.5. The van der Waals surface area contributed by atoms with Gasteiger partial charge in [0.2, 0.25) is 5.91 Å². The quantitative estimate of drug-likeness (QED) is 0.839. The SMILES string of the molecule is COc1cc2c(cc1OC)CCN(C(=O)CCc1ccccc1)CC2. The van der Waals surface area contributed by atoms with Crippen LogP contribution in [0.3, 0.4) is 0 Å². The number of fused-ring (bicyclic) bond motifs is 1. The molecule has 2 aromatic carbocycles. The summed E-state index contributed by atoms with van der Waals surface area (Å²) < 4.78 is 10.8. The number of methoxy groups -OCH3 is 2. The van der Waals surface area contributed by atoms with E-state index in [9.17, 15) is 4.79 Å². The predicted octanol–water partition coefficient (Wildman–Crippen LogP) is 3.26. The standard InChI is InChI=1S/C21H25NO3/c1-24-19-14-17-10-12-22(13-11-18(17)15-20(19)25-2)21(23)9-8-16-6-4-3-5-7-16/h3-7,14-15H,8-13H2,1-2H3. The fourth-order valence-electron chi connectivity index (χ4n) is 3.35. The second-order valence-electron chi connectivity index (χ2n) is 6.34. The second-order valence-corrected chi connectivity index (χ2v) is 6.34. The molecule has 0 atom stereocenters. The minimum atomic E-state index is 0.232. The maximum atomic E-state index is 12.6. The van der Waals surface area contributed by atoms with Crippen LogP contribution in [0.25, 0.3) is 0 Å². The van der Waals surface area contributed by atoms with Gasteiger partial charge in [-0.05, 0) is 48.1 Å². The first-order valence-corrected chi connectivity index (χ1v) is 8.76. The number of amides is 1. The van der Waals surface area contributed by atoms with E-state index in [0.29, 0.717) is 6.42 Å². The van der Waals surface area contributed by atoms with Crippen molar-refractivity contribution in [3.63, 3.8) is 0 Å². The number of hydrogen-bond acceptors (Lipinski definition) is 3. The average molecular weight is 339 g/mol. The van der Waals surface area contributed by atoms with Crippen LogP contribution in [0.2, 0.25) is 0 Å². The molecule has 0 bridgehead atoms. The molecule has 4 heteroatoms. The zero-order valence-corrected chi connectivity index (χ0v) is 15.0. The molecule has 0 aromatic heterocycles. The molecule has 0 unspecified atom stereocenters. The maximum absolute atomic E-state index is 12.6. The van der Waals surface area contributed by atoms with Gasteiger partial charge in [0, 0.05) is 19.5 Å². The van der Waals surface area contributed by atoms with Crippen molar-refractivity contribution in [1.29, 1.82) is 0 Å². The molecular formula is C21H25NO3. The summed E-state index contributed by atoms with van der Waals surface area (Å²) in [5, 5.41) is 0. The Balaban J connectivity index is 1.64. The van der Waals surface area contributed by atoms with Crippen LogP contribution in [-0.4, -0.2) is 38.1 Å². The molecule has 0 spiro atoms. The zero-order valence-electron chi connectivity index (χ0n) is 15.0. The van der Waals surface area contributed by atoms with Gasteiger partial charge in [-0.1, -0.05) is 30.3 Å². The Morgan fingerprint density at radius 1 is 0.960 bits per heavy atom. The third kappa shape index (κ3) is 4.13. The van der Waals surface area contributed by atoms with E-state index in [-0.39, 0.29) is 5.91 Å². The topological polar surface area (TPSA) is 38.8 Å². The number of hydrogen-bond donors (Lipinski definition) is 0. The lowest BCUT2D eigenvalue weighted by Gasteiger charge is -2.20. The van der Waals surface area contributed by atoms with Gasteiger partial charge in [-0.25, -0.2) is 0 Å². The van der Waals surface area contributed by atoms with Crippen LogP contribution in [-0.2, 0) is 24.1 Å². The summed E-state index contributed by atoms with van der Waals surface area (Å²) in [5.74, 6) is 1.74. The first-order chi connectivity index (χ1) is 12.2. The molecule has 25 heavy (non-hydrogen) atoms. The zero-order chi connectivity index (χ0) is 17.6. The first kappa shape index (κ1) is 17.3. The van der Waals surface area contributed by atoms with Crippen molar-refractivity contribution in [2.24, 2.45) is 0 Å². The number of ether oxygens (including phenoxy) is 2. The van der Waals surface area contributed by atoms with E-state index in [0.717, 1.165) is 43.9 Å². The summed E-state index contributed by atoms with van der Waals surface area (Å²) >= 11 is 0. The van der Waals surface area contributed by atoms with Gasteiger partial charge in [-0.3, -0.25) is 4.79 Å². The Morgan fingerprint density at radius 3 is 2.04 bits per heavy atom. The first-order valence-electron chi connectivity index (χ1n) is 8.76. The smallest absolute Gasteiger partial charge is 0.222 e. The summed E-state index contributed by atoms with van der Waals surface area (Å²) in [7, 11) is 3.31. The highest BCUT2D eigenvalue weighted by Gasteiger charge is 2.20. The van der Waals surface area contributed by atoms with Gasteiger partial charge in [0.1, 0.15) is 0 Å². The molecule has 0 aliphatic carbocycles. The van der Waals surface area contributed by atoms with Crippen LogP contribution in [0.4, 0.5) is 0 Å². The van der Waals surface area contributed by atoms with Crippen LogP contribution in [0.15, 0.2) is 42.5 Å². The van der Waals surface area contributed by atoms with Crippen molar-refractivity contribution in [2.45, 2.75) is 25.7 Å². The Morgan fingerprint density at radius 2 is 1.52 bits per heavy atom. The predicted molar refractivity (Wildman–Crippen MR) is 98.3 cm³/mol.